The van der Waals surface area contributed by atoms with E-state index in [1.54, 1.807) is 36.2 Å². The third-order valence-electron chi connectivity index (χ3n) is 5.71. The highest BCUT2D eigenvalue weighted by Gasteiger charge is 2.37. The van der Waals surface area contributed by atoms with Crippen molar-refractivity contribution in [3.8, 4) is 0 Å². The zero-order chi connectivity index (χ0) is 26.0. The Morgan fingerprint density at radius 2 is 2.11 bits per heavy atom. The first kappa shape index (κ1) is 25.8. The van der Waals surface area contributed by atoms with Crippen LogP contribution in [0.25, 0.3) is 11.7 Å². The Labute approximate surface area is 217 Å². The van der Waals surface area contributed by atoms with Crippen LogP contribution in [0.4, 0.5) is 5.82 Å². The Kier molecular flexibility index (Phi) is 7.74. The Hall–Kier alpha value is -3.25. The summed E-state index contributed by atoms with van der Waals surface area (Å²) in [5.41, 5.74) is 0.126. The van der Waals surface area contributed by atoms with Crippen molar-refractivity contribution in [3.05, 3.63) is 45.2 Å². The topological polar surface area (TPSA) is 113 Å². The van der Waals surface area contributed by atoms with E-state index in [1.165, 1.54) is 15.4 Å². The Balaban J connectivity index is 1.85. The normalized spacial score (nSPS) is 19.5. The van der Waals surface area contributed by atoms with E-state index in [2.05, 4.69) is 5.32 Å². The second-order valence-electron chi connectivity index (χ2n) is 8.78. The maximum Gasteiger partial charge on any atom is 0.308 e. The maximum atomic E-state index is 13.6. The Bertz CT molecular complexity index is 1320. The average molecular weight is 530 g/mol. The molecule has 0 unspecified atom stereocenters. The summed E-state index contributed by atoms with van der Waals surface area (Å²) >= 11 is 6.54. The van der Waals surface area contributed by atoms with Crippen LogP contribution in [0.3, 0.4) is 0 Å². The van der Waals surface area contributed by atoms with Crippen molar-refractivity contribution in [2.45, 2.75) is 33.2 Å². The van der Waals surface area contributed by atoms with Gasteiger partial charge in [-0.1, -0.05) is 43.9 Å². The van der Waals surface area contributed by atoms with Crippen molar-refractivity contribution in [1.29, 1.82) is 0 Å². The van der Waals surface area contributed by atoms with Gasteiger partial charge in [-0.3, -0.25) is 28.5 Å². The van der Waals surface area contributed by atoms with Gasteiger partial charge in [0.05, 0.1) is 23.5 Å². The third kappa shape index (κ3) is 5.14. The predicted octanol–water partition coefficient (Wildman–Crippen LogP) is 1.81. The van der Waals surface area contributed by atoms with Gasteiger partial charge in [0, 0.05) is 25.8 Å². The summed E-state index contributed by atoms with van der Waals surface area (Å²) in [6.07, 6.45) is 2.89. The summed E-state index contributed by atoms with van der Waals surface area (Å²) < 4.78 is 6.87. The van der Waals surface area contributed by atoms with Crippen LogP contribution in [0.5, 0.6) is 0 Å². The predicted molar refractivity (Wildman–Crippen MR) is 142 cm³/mol. The highest BCUT2D eigenvalue weighted by atomic mass is 32.2. The lowest BCUT2D eigenvalue weighted by atomic mass is 10.1. The van der Waals surface area contributed by atoms with Crippen LogP contribution in [0.1, 0.15) is 32.8 Å². The molecule has 0 bridgehead atoms. The minimum Gasteiger partial charge on any atom is -0.466 e. The number of carbonyl (C=O) groups is 3. The van der Waals surface area contributed by atoms with Crippen molar-refractivity contribution >= 4 is 63.6 Å². The van der Waals surface area contributed by atoms with Gasteiger partial charge in [0.15, 0.2) is 0 Å². The van der Waals surface area contributed by atoms with Crippen LogP contribution < -0.4 is 15.8 Å². The molecule has 2 saturated heterocycles. The van der Waals surface area contributed by atoms with Crippen molar-refractivity contribution < 1.29 is 19.1 Å². The number of carbonyl (C=O) groups excluding carboxylic acids is 3. The van der Waals surface area contributed by atoms with Gasteiger partial charge < -0.3 is 15.0 Å². The van der Waals surface area contributed by atoms with Gasteiger partial charge in [0.1, 0.15) is 21.8 Å². The van der Waals surface area contributed by atoms with Gasteiger partial charge in [-0.2, -0.15) is 0 Å². The number of hydrogen-bond donors (Lipinski definition) is 1. The number of thiocarbonyl (C=S) groups is 1. The van der Waals surface area contributed by atoms with E-state index >= 15 is 0 Å². The highest BCUT2D eigenvalue weighted by molar-refractivity contribution is 8.26. The van der Waals surface area contributed by atoms with Crippen LogP contribution in [-0.2, 0) is 19.1 Å². The van der Waals surface area contributed by atoms with Gasteiger partial charge in [-0.05, 0) is 31.1 Å². The number of amides is 2. The van der Waals surface area contributed by atoms with E-state index in [1.807, 2.05) is 13.8 Å². The van der Waals surface area contributed by atoms with Crippen molar-refractivity contribution in [2.75, 3.05) is 31.1 Å². The molecule has 0 saturated carbocycles. The number of rotatable bonds is 7. The lowest BCUT2D eigenvalue weighted by Crippen LogP contribution is -2.57. The number of aromatic nitrogens is 2. The molecule has 0 spiro atoms. The average Bonchev–Trinajstić information content (AvgIpc) is 3.09. The van der Waals surface area contributed by atoms with E-state index in [9.17, 15) is 19.2 Å². The van der Waals surface area contributed by atoms with E-state index in [4.69, 9.17) is 21.9 Å². The molecule has 0 aliphatic carbocycles. The number of ether oxygens (including phenoxy) is 1. The zero-order valence-corrected chi connectivity index (χ0v) is 21.9. The first-order valence-electron chi connectivity index (χ1n) is 11.7. The summed E-state index contributed by atoms with van der Waals surface area (Å²) in [5, 5.41) is 2.76. The zero-order valence-electron chi connectivity index (χ0n) is 20.2. The quantitative estimate of drug-likeness (QED) is 0.326. The smallest absolute Gasteiger partial charge is 0.308 e. The fourth-order valence-corrected chi connectivity index (χ4v) is 5.40. The number of piperazine rings is 1. The number of pyridine rings is 1. The Morgan fingerprint density at radius 3 is 2.83 bits per heavy atom. The minimum atomic E-state index is -0.918. The minimum absolute atomic E-state index is 0.146. The number of hydrogen-bond acceptors (Lipinski definition) is 9. The van der Waals surface area contributed by atoms with E-state index in [-0.39, 0.29) is 42.1 Å². The van der Waals surface area contributed by atoms with Crippen molar-refractivity contribution in [1.82, 2.24) is 19.6 Å². The molecule has 10 nitrogen and oxygen atoms in total. The van der Waals surface area contributed by atoms with Gasteiger partial charge in [0.2, 0.25) is 5.91 Å². The molecular formula is C24H27N5O5S2. The SMILES string of the molecule is CCOC(=O)C[C@H]1C(=O)NCCN1c1nc2ccccn2c(=O)c1/C=C1\SC(=S)N(CC(C)C)C1=O. The third-order valence-corrected chi connectivity index (χ3v) is 7.09. The standard InChI is InChI=1S/C24H27N5O5S2/c1-4-34-19(30)12-16-21(31)25-8-10-27(16)20-15(22(32)28-9-6-5-7-18(28)26-20)11-17-23(33)29(13-14(2)3)24(35)36-17/h5-7,9,11,14,16H,4,8,10,12-13H2,1-3H3,(H,25,31)/b17-11-/t16-/m0/s1. The van der Waals surface area contributed by atoms with Crippen LogP contribution in [0, 0.1) is 5.92 Å². The molecule has 2 fully saturated rings. The Morgan fingerprint density at radius 1 is 1.33 bits per heavy atom. The molecular weight excluding hydrogens is 502 g/mol. The fraction of sp³-hybridized carbons (Fsp3) is 0.417. The van der Waals surface area contributed by atoms with E-state index in [0.29, 0.717) is 34.5 Å². The second-order valence-corrected chi connectivity index (χ2v) is 10.5. The van der Waals surface area contributed by atoms with Crippen molar-refractivity contribution in [2.24, 2.45) is 5.92 Å². The molecule has 12 heteroatoms. The maximum absolute atomic E-state index is 13.6. The summed E-state index contributed by atoms with van der Waals surface area (Å²) in [5.74, 6) is -0.728. The van der Waals surface area contributed by atoms with Crippen molar-refractivity contribution in [3.63, 3.8) is 0 Å². The molecule has 0 aromatic carbocycles. The molecule has 1 N–H and O–H groups in total. The molecule has 36 heavy (non-hydrogen) atoms. The molecule has 2 aromatic rings. The van der Waals surface area contributed by atoms with Crippen LogP contribution in [0.2, 0.25) is 0 Å². The molecule has 4 heterocycles. The molecule has 4 rings (SSSR count). The van der Waals surface area contributed by atoms with E-state index in [0.717, 1.165) is 11.8 Å². The summed E-state index contributed by atoms with van der Waals surface area (Å²) in [6, 6.07) is 4.22. The van der Waals surface area contributed by atoms with Crippen LogP contribution >= 0.6 is 24.0 Å². The van der Waals surface area contributed by atoms with Gasteiger partial charge in [-0.15, -0.1) is 0 Å². The number of nitrogens with one attached hydrogen (secondary N) is 1. The summed E-state index contributed by atoms with van der Waals surface area (Å²) in [7, 11) is 0. The number of fused-ring (bicyclic) bond motifs is 1. The number of anilines is 1. The molecule has 0 radical (unpaired) electrons. The summed E-state index contributed by atoms with van der Waals surface area (Å²) in [6.45, 7) is 6.96. The van der Waals surface area contributed by atoms with Gasteiger partial charge >= 0.3 is 5.97 Å². The van der Waals surface area contributed by atoms with Gasteiger partial charge in [-0.25, -0.2) is 4.98 Å². The highest BCUT2D eigenvalue weighted by Crippen LogP contribution is 2.34. The summed E-state index contributed by atoms with van der Waals surface area (Å²) in [4.78, 5) is 60.0. The molecule has 1 atom stereocenters. The first-order chi connectivity index (χ1) is 17.2. The number of thioether (sulfide) groups is 1. The number of esters is 1. The molecule has 2 aliphatic heterocycles. The van der Waals surface area contributed by atoms with Crippen LogP contribution in [-0.4, -0.2) is 68.7 Å². The fourth-order valence-electron chi connectivity index (χ4n) is 4.14. The molecule has 190 valence electrons. The lowest BCUT2D eigenvalue weighted by molar-refractivity contribution is -0.145. The largest absolute Gasteiger partial charge is 0.466 e. The molecule has 2 aromatic heterocycles. The monoisotopic (exact) mass is 529 g/mol. The van der Waals surface area contributed by atoms with Crippen LogP contribution in [0.15, 0.2) is 34.1 Å². The first-order valence-corrected chi connectivity index (χ1v) is 12.9. The molecule has 2 aliphatic rings. The van der Waals surface area contributed by atoms with E-state index < -0.39 is 17.6 Å². The molecule has 2 amide bonds. The van der Waals surface area contributed by atoms with Gasteiger partial charge in [0.25, 0.3) is 11.5 Å². The number of nitrogens with zero attached hydrogens (tertiary/aromatic N) is 4. The lowest BCUT2D eigenvalue weighted by Gasteiger charge is -2.36. The second kappa shape index (κ2) is 10.8.